The maximum atomic E-state index is 5.90. The molecule has 0 N–H and O–H groups in total. The van der Waals surface area contributed by atoms with E-state index in [2.05, 4.69) is 84.7 Å². The molecule has 0 aliphatic carbocycles. The van der Waals surface area contributed by atoms with E-state index in [4.69, 9.17) is 4.74 Å². The predicted molar refractivity (Wildman–Crippen MR) is 143 cm³/mol. The highest BCUT2D eigenvalue weighted by molar-refractivity contribution is 5.73. The summed E-state index contributed by atoms with van der Waals surface area (Å²) < 4.78 is 5.90. The summed E-state index contributed by atoms with van der Waals surface area (Å²) in [5.41, 5.74) is 4.70. The number of unbranched alkanes of at least 4 members (excludes halogenated alkanes) is 7. The Kier molecular flexibility index (Phi) is 11.0. The van der Waals surface area contributed by atoms with Crippen LogP contribution >= 0.6 is 0 Å². The van der Waals surface area contributed by atoms with Crippen LogP contribution in [-0.4, -0.2) is 11.6 Å². The summed E-state index contributed by atoms with van der Waals surface area (Å²) in [5.74, 6) is 0.959. The standard InChI is InChI=1S/C31H37NO/c1-2-3-4-5-6-7-8-9-26-33-31-20-18-29(19-21-31)15-14-27-10-12-28(13-11-27)16-17-30-22-24-32-25-23-30/h10-25H,2-9,26H2,1H3/b15-14+,17-16+. The molecule has 3 rings (SSSR count). The molecule has 172 valence electrons. The van der Waals surface area contributed by atoms with Gasteiger partial charge < -0.3 is 4.74 Å². The third-order valence-electron chi connectivity index (χ3n) is 5.73. The summed E-state index contributed by atoms with van der Waals surface area (Å²) in [6, 6.07) is 20.9. The van der Waals surface area contributed by atoms with Crippen molar-refractivity contribution in [2.75, 3.05) is 6.61 Å². The van der Waals surface area contributed by atoms with Crippen LogP contribution in [0.1, 0.15) is 80.5 Å². The van der Waals surface area contributed by atoms with Gasteiger partial charge in [-0.1, -0.05) is 113 Å². The largest absolute Gasteiger partial charge is 0.494 e. The van der Waals surface area contributed by atoms with Crippen molar-refractivity contribution in [1.82, 2.24) is 4.98 Å². The van der Waals surface area contributed by atoms with Gasteiger partial charge in [-0.2, -0.15) is 0 Å². The molecule has 0 saturated carbocycles. The number of benzene rings is 2. The molecule has 0 spiro atoms. The summed E-state index contributed by atoms with van der Waals surface area (Å²) in [4.78, 5) is 4.05. The molecule has 0 amide bonds. The maximum absolute atomic E-state index is 5.90. The van der Waals surface area contributed by atoms with Gasteiger partial charge in [-0.25, -0.2) is 0 Å². The van der Waals surface area contributed by atoms with Crippen molar-refractivity contribution in [3.8, 4) is 5.75 Å². The molecule has 0 saturated heterocycles. The van der Waals surface area contributed by atoms with Gasteiger partial charge in [-0.15, -0.1) is 0 Å². The number of aromatic nitrogens is 1. The molecule has 0 radical (unpaired) electrons. The molecule has 1 aromatic heterocycles. The number of rotatable bonds is 14. The Hall–Kier alpha value is -3.13. The van der Waals surface area contributed by atoms with E-state index >= 15 is 0 Å². The molecular weight excluding hydrogens is 402 g/mol. The highest BCUT2D eigenvalue weighted by Gasteiger charge is 1.96. The molecule has 1 heterocycles. The summed E-state index contributed by atoms with van der Waals surface area (Å²) in [7, 11) is 0. The van der Waals surface area contributed by atoms with E-state index in [0.717, 1.165) is 24.3 Å². The fourth-order valence-corrected chi connectivity index (χ4v) is 3.68. The summed E-state index contributed by atoms with van der Waals surface area (Å²) in [6.45, 7) is 3.08. The molecule has 0 fully saturated rings. The first kappa shape index (κ1) is 24.5. The van der Waals surface area contributed by atoms with Crippen LogP contribution in [0.25, 0.3) is 24.3 Å². The Morgan fingerprint density at radius 3 is 1.48 bits per heavy atom. The fraction of sp³-hybridized carbons (Fsp3) is 0.323. The van der Waals surface area contributed by atoms with Crippen LogP contribution < -0.4 is 4.74 Å². The second-order valence-electron chi connectivity index (χ2n) is 8.51. The molecule has 0 aliphatic rings. The van der Waals surface area contributed by atoms with Crippen molar-refractivity contribution in [2.24, 2.45) is 0 Å². The van der Waals surface area contributed by atoms with Gasteiger partial charge in [0.25, 0.3) is 0 Å². The third-order valence-corrected chi connectivity index (χ3v) is 5.73. The lowest BCUT2D eigenvalue weighted by atomic mass is 10.1. The van der Waals surface area contributed by atoms with E-state index in [-0.39, 0.29) is 0 Å². The average molecular weight is 440 g/mol. The van der Waals surface area contributed by atoms with Crippen molar-refractivity contribution >= 4 is 24.3 Å². The zero-order valence-corrected chi connectivity index (χ0v) is 20.0. The van der Waals surface area contributed by atoms with Crippen molar-refractivity contribution in [3.63, 3.8) is 0 Å². The van der Waals surface area contributed by atoms with Crippen LogP contribution in [0.2, 0.25) is 0 Å². The van der Waals surface area contributed by atoms with E-state index in [1.54, 1.807) is 0 Å². The molecule has 0 unspecified atom stereocenters. The van der Waals surface area contributed by atoms with E-state index in [1.165, 1.54) is 61.6 Å². The number of pyridine rings is 1. The first-order valence-electron chi connectivity index (χ1n) is 12.4. The maximum Gasteiger partial charge on any atom is 0.119 e. The van der Waals surface area contributed by atoms with Crippen LogP contribution in [0, 0.1) is 0 Å². The number of nitrogens with zero attached hydrogens (tertiary/aromatic N) is 1. The second kappa shape index (κ2) is 14.8. The molecule has 0 bridgehead atoms. The van der Waals surface area contributed by atoms with Crippen LogP contribution in [0.5, 0.6) is 5.75 Å². The van der Waals surface area contributed by atoms with Gasteiger partial charge in [0.15, 0.2) is 0 Å². The van der Waals surface area contributed by atoms with Gasteiger partial charge in [0.2, 0.25) is 0 Å². The van der Waals surface area contributed by atoms with E-state index in [0.29, 0.717) is 0 Å². The first-order chi connectivity index (χ1) is 16.3. The molecule has 3 aromatic rings. The van der Waals surface area contributed by atoms with Crippen molar-refractivity contribution in [1.29, 1.82) is 0 Å². The first-order valence-corrected chi connectivity index (χ1v) is 12.4. The van der Waals surface area contributed by atoms with E-state index in [1.807, 2.05) is 24.5 Å². The van der Waals surface area contributed by atoms with Gasteiger partial charge in [-0.3, -0.25) is 4.98 Å². The molecule has 0 atom stereocenters. The van der Waals surface area contributed by atoms with Gasteiger partial charge in [0, 0.05) is 12.4 Å². The smallest absolute Gasteiger partial charge is 0.119 e. The summed E-state index contributed by atoms with van der Waals surface area (Å²) >= 11 is 0. The predicted octanol–water partition coefficient (Wildman–Crippen LogP) is 8.94. The molecular formula is C31H37NO. The Bertz CT molecular complexity index is 956. The summed E-state index contributed by atoms with van der Waals surface area (Å²) in [5, 5.41) is 0. The Morgan fingerprint density at radius 1 is 0.545 bits per heavy atom. The fourth-order valence-electron chi connectivity index (χ4n) is 3.68. The lowest BCUT2D eigenvalue weighted by Gasteiger charge is -2.06. The number of ether oxygens (including phenoxy) is 1. The SMILES string of the molecule is CCCCCCCCCCOc1ccc(/C=C/c2ccc(/C=C/c3ccncc3)cc2)cc1. The number of hydrogen-bond donors (Lipinski definition) is 0. The average Bonchev–Trinajstić information content (AvgIpc) is 2.87. The minimum atomic E-state index is 0.812. The van der Waals surface area contributed by atoms with Gasteiger partial charge in [0.05, 0.1) is 6.61 Å². The van der Waals surface area contributed by atoms with Gasteiger partial charge in [-0.05, 0) is 52.9 Å². The molecule has 2 heteroatoms. The zero-order valence-electron chi connectivity index (χ0n) is 20.0. The molecule has 0 aliphatic heterocycles. The van der Waals surface area contributed by atoms with Gasteiger partial charge in [0.1, 0.15) is 5.75 Å². The van der Waals surface area contributed by atoms with Crippen LogP contribution in [0.3, 0.4) is 0 Å². The zero-order chi connectivity index (χ0) is 23.0. The van der Waals surface area contributed by atoms with Crippen LogP contribution in [0.15, 0.2) is 73.1 Å². The molecule has 2 aromatic carbocycles. The monoisotopic (exact) mass is 439 g/mol. The lowest BCUT2D eigenvalue weighted by molar-refractivity contribution is 0.304. The normalized spacial score (nSPS) is 11.4. The molecule has 2 nitrogen and oxygen atoms in total. The Morgan fingerprint density at radius 2 is 0.970 bits per heavy atom. The highest BCUT2D eigenvalue weighted by Crippen LogP contribution is 2.16. The lowest BCUT2D eigenvalue weighted by Crippen LogP contribution is -1.97. The highest BCUT2D eigenvalue weighted by atomic mass is 16.5. The topological polar surface area (TPSA) is 22.1 Å². The second-order valence-corrected chi connectivity index (χ2v) is 8.51. The minimum absolute atomic E-state index is 0.812. The third kappa shape index (κ3) is 9.91. The van der Waals surface area contributed by atoms with E-state index < -0.39 is 0 Å². The van der Waals surface area contributed by atoms with E-state index in [9.17, 15) is 0 Å². The van der Waals surface area contributed by atoms with Crippen molar-refractivity contribution < 1.29 is 4.74 Å². The van der Waals surface area contributed by atoms with Crippen LogP contribution in [0.4, 0.5) is 0 Å². The van der Waals surface area contributed by atoms with Crippen LogP contribution in [-0.2, 0) is 0 Å². The quantitative estimate of drug-likeness (QED) is 0.185. The minimum Gasteiger partial charge on any atom is -0.494 e. The van der Waals surface area contributed by atoms with Gasteiger partial charge >= 0.3 is 0 Å². The summed E-state index contributed by atoms with van der Waals surface area (Å²) in [6.07, 6.45) is 22.7. The Labute approximate surface area is 200 Å². The Balaban J connectivity index is 1.37. The van der Waals surface area contributed by atoms with Crippen molar-refractivity contribution in [3.05, 3.63) is 95.3 Å². The van der Waals surface area contributed by atoms with Crippen molar-refractivity contribution in [2.45, 2.75) is 58.3 Å². The number of hydrogen-bond acceptors (Lipinski definition) is 2. The molecule has 33 heavy (non-hydrogen) atoms.